The SMILES string of the molecule is COCCOCCOCCOc1cc(NC(=O)c2ccc([N+](=O)[O-])c(OCc3ccccc3)c2)c(OCc2ccc3ccccc3c2)cc1C(=O)Nc1ccc(C(=O)OC)cc1OC(C)C. The van der Waals surface area contributed by atoms with E-state index in [1.807, 2.05) is 72.8 Å². The van der Waals surface area contributed by atoms with Gasteiger partial charge in [0.05, 0.1) is 73.7 Å². The molecule has 6 aromatic carbocycles. The number of hydrogen-bond donors (Lipinski definition) is 2. The van der Waals surface area contributed by atoms with Crippen molar-refractivity contribution in [2.45, 2.75) is 33.2 Å². The molecular formula is C50H51N3O13. The molecule has 0 aliphatic heterocycles. The predicted molar refractivity (Wildman–Crippen MR) is 247 cm³/mol. The second kappa shape index (κ2) is 24.0. The highest BCUT2D eigenvalue weighted by molar-refractivity contribution is 6.10. The lowest BCUT2D eigenvalue weighted by Gasteiger charge is -2.20. The third kappa shape index (κ3) is 13.5. The van der Waals surface area contributed by atoms with Gasteiger partial charge in [-0.15, -0.1) is 0 Å². The Kier molecular flexibility index (Phi) is 17.4. The van der Waals surface area contributed by atoms with E-state index in [0.717, 1.165) is 21.9 Å². The molecule has 0 heterocycles. The van der Waals surface area contributed by atoms with Gasteiger partial charge in [-0.05, 0) is 72.1 Å². The first kappa shape index (κ1) is 47.9. The third-order valence-corrected chi connectivity index (χ3v) is 9.74. The number of anilines is 2. The second-order valence-corrected chi connectivity index (χ2v) is 14.9. The van der Waals surface area contributed by atoms with E-state index >= 15 is 0 Å². The molecule has 0 aliphatic rings. The number of nitrogens with one attached hydrogen (secondary N) is 2. The number of carbonyl (C=O) groups is 3. The molecule has 0 saturated carbocycles. The van der Waals surface area contributed by atoms with Gasteiger partial charge in [0.15, 0.2) is 5.75 Å². The average Bonchev–Trinajstić information content (AvgIpc) is 3.32. The Labute approximate surface area is 381 Å². The summed E-state index contributed by atoms with van der Waals surface area (Å²) >= 11 is 0. The van der Waals surface area contributed by atoms with Crippen LogP contribution >= 0.6 is 0 Å². The normalized spacial score (nSPS) is 10.9. The fraction of sp³-hybridized carbons (Fsp3) is 0.260. The fourth-order valence-corrected chi connectivity index (χ4v) is 6.50. The molecule has 2 amide bonds. The number of nitro groups is 1. The zero-order valence-electron chi connectivity index (χ0n) is 37.0. The molecule has 0 aliphatic carbocycles. The lowest BCUT2D eigenvalue weighted by Crippen LogP contribution is -2.19. The van der Waals surface area contributed by atoms with E-state index in [1.54, 1.807) is 21.0 Å². The van der Waals surface area contributed by atoms with E-state index in [0.29, 0.717) is 19.8 Å². The zero-order chi connectivity index (χ0) is 46.8. The van der Waals surface area contributed by atoms with Crippen molar-refractivity contribution >= 4 is 45.6 Å². The number of fused-ring (bicyclic) bond motifs is 1. The second-order valence-electron chi connectivity index (χ2n) is 14.9. The Balaban J connectivity index is 1.35. The molecule has 6 aromatic rings. The molecule has 6 rings (SSSR count). The van der Waals surface area contributed by atoms with E-state index in [1.165, 1.54) is 55.6 Å². The van der Waals surface area contributed by atoms with Crippen LogP contribution in [0.3, 0.4) is 0 Å². The van der Waals surface area contributed by atoms with Crippen LogP contribution in [0.1, 0.15) is 56.0 Å². The minimum Gasteiger partial charge on any atom is -0.490 e. The number of esters is 1. The fourth-order valence-electron chi connectivity index (χ4n) is 6.50. The van der Waals surface area contributed by atoms with Crippen LogP contribution in [0.15, 0.2) is 121 Å². The molecule has 0 spiro atoms. The molecule has 0 fully saturated rings. The number of methoxy groups -OCH3 is 2. The van der Waals surface area contributed by atoms with Gasteiger partial charge < -0.3 is 48.5 Å². The van der Waals surface area contributed by atoms with Crippen molar-refractivity contribution in [3.63, 3.8) is 0 Å². The van der Waals surface area contributed by atoms with Crippen LogP contribution < -0.4 is 29.6 Å². The summed E-state index contributed by atoms with van der Waals surface area (Å²) in [6, 6.07) is 34.0. The standard InChI is InChI=1S/C50H51N3O13/c1-33(2)66-46-28-39(50(56)60-4)16-18-41(46)51-49(55)40-29-45(64-32-35-14-15-36-12-8-9-13-37(36)26-35)42(30-44(40)63-25-24-62-23-22-61-21-20-59-3)52-48(54)38-17-19-43(53(57)58)47(27-38)65-31-34-10-6-5-7-11-34/h5-19,26-30,33H,20-25,31-32H2,1-4H3,(H,51,55)(H,52,54). The zero-order valence-corrected chi connectivity index (χ0v) is 37.0. The summed E-state index contributed by atoms with van der Waals surface area (Å²) < 4.78 is 45.5. The Morgan fingerprint density at radius 1 is 0.576 bits per heavy atom. The summed E-state index contributed by atoms with van der Waals surface area (Å²) in [5, 5.41) is 19.7. The quantitative estimate of drug-likeness (QED) is 0.0253. The van der Waals surface area contributed by atoms with E-state index < -0.39 is 22.7 Å². The first-order valence-corrected chi connectivity index (χ1v) is 21.1. The largest absolute Gasteiger partial charge is 0.490 e. The van der Waals surface area contributed by atoms with Gasteiger partial charge in [0.1, 0.15) is 37.1 Å². The Hall–Kier alpha value is -7.53. The van der Waals surface area contributed by atoms with Gasteiger partial charge in [-0.2, -0.15) is 0 Å². The maximum Gasteiger partial charge on any atom is 0.337 e. The first-order chi connectivity index (χ1) is 32.0. The smallest absolute Gasteiger partial charge is 0.337 e. The van der Waals surface area contributed by atoms with Crippen molar-refractivity contribution < 1.29 is 57.2 Å². The van der Waals surface area contributed by atoms with Crippen molar-refractivity contribution in [3.05, 3.63) is 159 Å². The molecular weight excluding hydrogens is 851 g/mol. The van der Waals surface area contributed by atoms with Crippen LogP contribution in [0.5, 0.6) is 23.0 Å². The molecule has 0 aromatic heterocycles. The summed E-state index contributed by atoms with van der Waals surface area (Å²) in [6.07, 6.45) is -0.321. The van der Waals surface area contributed by atoms with Crippen molar-refractivity contribution in [2.75, 3.05) is 64.5 Å². The molecule has 0 radical (unpaired) electrons. The maximum atomic E-state index is 14.4. The highest BCUT2D eigenvalue weighted by atomic mass is 16.6. The van der Waals surface area contributed by atoms with Crippen molar-refractivity contribution in [1.82, 2.24) is 0 Å². The van der Waals surface area contributed by atoms with Gasteiger partial charge in [0, 0.05) is 30.9 Å². The average molecular weight is 902 g/mol. The van der Waals surface area contributed by atoms with Crippen molar-refractivity contribution in [2.24, 2.45) is 0 Å². The summed E-state index contributed by atoms with van der Waals surface area (Å²) in [5.41, 5.74) is 1.91. The lowest BCUT2D eigenvalue weighted by molar-refractivity contribution is -0.385. The van der Waals surface area contributed by atoms with Crippen LogP contribution in [0.25, 0.3) is 10.8 Å². The molecule has 16 heteroatoms. The number of benzene rings is 6. The molecule has 2 N–H and O–H groups in total. The van der Waals surface area contributed by atoms with E-state index in [4.69, 9.17) is 37.9 Å². The van der Waals surface area contributed by atoms with Crippen LogP contribution in [0.4, 0.5) is 17.1 Å². The Morgan fingerprint density at radius 2 is 1.23 bits per heavy atom. The molecule has 66 heavy (non-hydrogen) atoms. The van der Waals surface area contributed by atoms with E-state index in [-0.39, 0.29) is 95.9 Å². The van der Waals surface area contributed by atoms with Gasteiger partial charge in [0.25, 0.3) is 11.8 Å². The van der Waals surface area contributed by atoms with Crippen LogP contribution in [-0.2, 0) is 32.2 Å². The summed E-state index contributed by atoms with van der Waals surface area (Å²) in [5.74, 6) is -1.63. The number of amides is 2. The minimum atomic E-state index is -0.661. The number of nitro benzene ring substituents is 1. The maximum absolute atomic E-state index is 14.4. The van der Waals surface area contributed by atoms with Crippen molar-refractivity contribution in [1.29, 1.82) is 0 Å². The Bertz CT molecular complexity index is 2620. The molecule has 344 valence electrons. The molecule has 0 saturated heterocycles. The van der Waals surface area contributed by atoms with Gasteiger partial charge in [-0.25, -0.2) is 4.79 Å². The topological polar surface area (TPSA) is 192 Å². The number of carbonyl (C=O) groups excluding carboxylic acids is 3. The summed E-state index contributed by atoms with van der Waals surface area (Å²) in [6.45, 7) is 5.23. The monoisotopic (exact) mass is 901 g/mol. The molecule has 0 bridgehead atoms. The molecule has 0 atom stereocenters. The number of ether oxygens (including phenoxy) is 8. The highest BCUT2D eigenvalue weighted by Gasteiger charge is 2.24. The lowest BCUT2D eigenvalue weighted by atomic mass is 10.1. The van der Waals surface area contributed by atoms with Crippen molar-refractivity contribution in [3.8, 4) is 23.0 Å². The van der Waals surface area contributed by atoms with Gasteiger partial charge in [-0.3, -0.25) is 19.7 Å². The Morgan fingerprint density at radius 3 is 1.95 bits per heavy atom. The van der Waals surface area contributed by atoms with Crippen LogP contribution in [0.2, 0.25) is 0 Å². The van der Waals surface area contributed by atoms with E-state index in [9.17, 15) is 24.5 Å². The van der Waals surface area contributed by atoms with Gasteiger partial charge >= 0.3 is 11.7 Å². The van der Waals surface area contributed by atoms with Gasteiger partial charge in [-0.1, -0.05) is 66.7 Å². The van der Waals surface area contributed by atoms with Crippen LogP contribution in [0, 0.1) is 10.1 Å². The summed E-state index contributed by atoms with van der Waals surface area (Å²) in [4.78, 5) is 52.3. The summed E-state index contributed by atoms with van der Waals surface area (Å²) in [7, 11) is 2.85. The predicted octanol–water partition coefficient (Wildman–Crippen LogP) is 9.04. The third-order valence-electron chi connectivity index (χ3n) is 9.74. The number of hydrogen-bond acceptors (Lipinski definition) is 13. The minimum absolute atomic E-state index is 0.0109. The highest BCUT2D eigenvalue weighted by Crippen LogP contribution is 2.37. The van der Waals surface area contributed by atoms with Gasteiger partial charge in [0.2, 0.25) is 0 Å². The molecule has 0 unspecified atom stereocenters. The number of nitrogens with zero attached hydrogens (tertiary/aromatic N) is 1. The van der Waals surface area contributed by atoms with E-state index in [2.05, 4.69) is 10.6 Å². The first-order valence-electron chi connectivity index (χ1n) is 21.1. The van der Waals surface area contributed by atoms with Crippen LogP contribution in [-0.4, -0.2) is 82.7 Å². The molecule has 16 nitrogen and oxygen atoms in total. The number of rotatable bonds is 24.